The maximum Gasteiger partial charge on any atom is 0.341 e. The molecule has 0 spiro atoms. The van der Waals surface area contributed by atoms with Crippen molar-refractivity contribution < 1.29 is 9.53 Å². The second kappa shape index (κ2) is 4.63. The Morgan fingerprint density at radius 1 is 1.67 bits per heavy atom. The number of methoxy groups -OCH3 is 1. The summed E-state index contributed by atoms with van der Waals surface area (Å²) < 4.78 is 4.67. The van der Waals surface area contributed by atoms with Crippen LogP contribution in [0.1, 0.15) is 17.3 Å². The summed E-state index contributed by atoms with van der Waals surface area (Å²) in [6, 6.07) is 1.57. The molecule has 0 unspecified atom stereocenters. The molecule has 0 radical (unpaired) electrons. The number of pyridine rings is 1. The van der Waals surface area contributed by atoms with Crippen LogP contribution in [0.15, 0.2) is 12.3 Å². The third kappa shape index (κ3) is 2.37. The first-order chi connectivity index (χ1) is 7.10. The lowest BCUT2D eigenvalue weighted by Gasteiger charge is -2.18. The van der Waals surface area contributed by atoms with Gasteiger partial charge in [-0.1, -0.05) is 0 Å². The van der Waals surface area contributed by atoms with Gasteiger partial charge in [0, 0.05) is 13.6 Å². The molecule has 0 bridgehead atoms. The van der Waals surface area contributed by atoms with Gasteiger partial charge in [0.25, 0.3) is 0 Å². The number of carbonyl (C=O) groups is 1. The molecule has 1 rings (SSSR count). The van der Waals surface area contributed by atoms with Crippen LogP contribution in [-0.4, -0.2) is 31.7 Å². The summed E-state index contributed by atoms with van der Waals surface area (Å²) in [5.74, 6) is 0.156. The Balaban J connectivity index is 3.20. The first-order valence-electron chi connectivity index (χ1n) is 4.65. The van der Waals surface area contributed by atoms with Crippen LogP contribution in [0.4, 0.5) is 11.5 Å². The van der Waals surface area contributed by atoms with E-state index in [0.29, 0.717) is 17.1 Å². The average Bonchev–Trinajstić information content (AvgIpc) is 2.26. The molecule has 0 saturated carbocycles. The zero-order valence-electron chi connectivity index (χ0n) is 9.15. The van der Waals surface area contributed by atoms with Crippen molar-refractivity contribution in [1.29, 1.82) is 0 Å². The highest BCUT2D eigenvalue weighted by atomic mass is 16.5. The Bertz CT molecular complexity index is 366. The number of nitrogen functional groups attached to an aromatic ring is 1. The van der Waals surface area contributed by atoms with E-state index in [4.69, 9.17) is 5.73 Å². The van der Waals surface area contributed by atoms with E-state index in [-0.39, 0.29) is 0 Å². The lowest BCUT2D eigenvalue weighted by atomic mass is 10.2. The van der Waals surface area contributed by atoms with Crippen molar-refractivity contribution in [3.05, 3.63) is 17.8 Å². The second-order valence-corrected chi connectivity index (χ2v) is 3.15. The van der Waals surface area contributed by atoms with Crippen molar-refractivity contribution in [2.45, 2.75) is 6.92 Å². The predicted molar refractivity (Wildman–Crippen MR) is 58.9 cm³/mol. The summed E-state index contributed by atoms with van der Waals surface area (Å²) in [7, 11) is 3.19. The number of nitrogens with zero attached hydrogens (tertiary/aromatic N) is 2. The third-order valence-electron chi connectivity index (χ3n) is 2.13. The van der Waals surface area contributed by atoms with Gasteiger partial charge in [0.15, 0.2) is 0 Å². The fourth-order valence-corrected chi connectivity index (χ4v) is 1.19. The molecule has 0 amide bonds. The summed E-state index contributed by atoms with van der Waals surface area (Å²) in [5.41, 5.74) is 6.41. The molecular formula is C10H15N3O2. The van der Waals surface area contributed by atoms with Gasteiger partial charge in [0.05, 0.1) is 19.0 Å². The highest BCUT2D eigenvalue weighted by Crippen LogP contribution is 2.19. The van der Waals surface area contributed by atoms with Crippen molar-refractivity contribution in [3.63, 3.8) is 0 Å². The van der Waals surface area contributed by atoms with Crippen molar-refractivity contribution in [3.8, 4) is 0 Å². The number of hydrogen-bond acceptors (Lipinski definition) is 5. The highest BCUT2D eigenvalue weighted by molar-refractivity contribution is 5.95. The van der Waals surface area contributed by atoms with E-state index in [1.54, 1.807) is 6.07 Å². The molecule has 1 aromatic rings. The van der Waals surface area contributed by atoms with Gasteiger partial charge >= 0.3 is 5.97 Å². The fourth-order valence-electron chi connectivity index (χ4n) is 1.19. The van der Waals surface area contributed by atoms with Crippen LogP contribution in [-0.2, 0) is 4.74 Å². The van der Waals surface area contributed by atoms with Crippen molar-refractivity contribution >= 4 is 17.5 Å². The summed E-state index contributed by atoms with van der Waals surface area (Å²) in [5, 5.41) is 0. The molecule has 0 fully saturated rings. The van der Waals surface area contributed by atoms with Crippen LogP contribution in [0.5, 0.6) is 0 Å². The molecule has 2 N–H and O–H groups in total. The zero-order valence-corrected chi connectivity index (χ0v) is 9.15. The van der Waals surface area contributed by atoms with Gasteiger partial charge in [-0.25, -0.2) is 9.78 Å². The Hall–Kier alpha value is -1.78. The quantitative estimate of drug-likeness (QED) is 0.749. The van der Waals surface area contributed by atoms with Gasteiger partial charge in [-0.2, -0.15) is 0 Å². The highest BCUT2D eigenvalue weighted by Gasteiger charge is 2.15. The first kappa shape index (κ1) is 11.3. The first-order valence-corrected chi connectivity index (χ1v) is 4.65. The lowest BCUT2D eigenvalue weighted by Crippen LogP contribution is -2.21. The molecule has 5 nitrogen and oxygen atoms in total. The fraction of sp³-hybridized carbons (Fsp3) is 0.400. The number of aromatic nitrogens is 1. The number of esters is 1. The van der Waals surface area contributed by atoms with Gasteiger partial charge in [-0.05, 0) is 13.0 Å². The summed E-state index contributed by atoms with van der Waals surface area (Å²) >= 11 is 0. The number of ether oxygens (including phenoxy) is 1. The van der Waals surface area contributed by atoms with E-state index in [1.165, 1.54) is 13.3 Å². The minimum atomic E-state index is -0.426. The molecule has 0 aromatic carbocycles. The molecule has 82 valence electrons. The van der Waals surface area contributed by atoms with Crippen LogP contribution in [0.3, 0.4) is 0 Å². The molecule has 1 aromatic heterocycles. The van der Waals surface area contributed by atoms with E-state index >= 15 is 0 Å². The van der Waals surface area contributed by atoms with Gasteiger partial charge in [0.1, 0.15) is 11.4 Å². The van der Waals surface area contributed by atoms with E-state index < -0.39 is 5.97 Å². The smallest absolute Gasteiger partial charge is 0.341 e. The molecule has 5 heteroatoms. The standard InChI is InChI=1S/C10H15N3O2/c1-4-13(2)9-8(10(14)15-3)5-7(11)6-12-9/h5-6H,4,11H2,1-3H3. The molecule has 0 aliphatic rings. The number of hydrogen-bond donors (Lipinski definition) is 1. The van der Waals surface area contributed by atoms with E-state index in [9.17, 15) is 4.79 Å². The maximum atomic E-state index is 11.5. The van der Waals surface area contributed by atoms with Gasteiger partial charge in [0.2, 0.25) is 0 Å². The predicted octanol–water partition coefficient (Wildman–Crippen LogP) is 0.907. The summed E-state index contributed by atoms with van der Waals surface area (Å²) in [6.07, 6.45) is 1.52. The maximum absolute atomic E-state index is 11.5. The van der Waals surface area contributed by atoms with Gasteiger partial charge in [-0.3, -0.25) is 0 Å². The largest absolute Gasteiger partial charge is 0.465 e. The summed E-state index contributed by atoms with van der Waals surface area (Å²) in [4.78, 5) is 17.4. The Morgan fingerprint density at radius 2 is 2.33 bits per heavy atom. The van der Waals surface area contributed by atoms with Crippen LogP contribution >= 0.6 is 0 Å². The Labute approximate surface area is 88.9 Å². The van der Waals surface area contributed by atoms with Crippen LogP contribution in [0.2, 0.25) is 0 Å². The van der Waals surface area contributed by atoms with Crippen LogP contribution in [0.25, 0.3) is 0 Å². The van der Waals surface area contributed by atoms with E-state index in [0.717, 1.165) is 6.54 Å². The van der Waals surface area contributed by atoms with Gasteiger partial charge < -0.3 is 15.4 Å². The Kier molecular flexibility index (Phi) is 3.49. The monoisotopic (exact) mass is 209 g/mol. The zero-order chi connectivity index (χ0) is 11.4. The average molecular weight is 209 g/mol. The van der Waals surface area contributed by atoms with Crippen LogP contribution < -0.4 is 10.6 Å². The van der Waals surface area contributed by atoms with Gasteiger partial charge in [-0.15, -0.1) is 0 Å². The number of rotatable bonds is 3. The van der Waals surface area contributed by atoms with E-state index in [1.807, 2.05) is 18.9 Å². The van der Waals surface area contributed by atoms with Crippen molar-refractivity contribution in [2.24, 2.45) is 0 Å². The molecule has 1 heterocycles. The number of carbonyl (C=O) groups excluding carboxylic acids is 1. The molecule has 0 saturated heterocycles. The summed E-state index contributed by atoms with van der Waals surface area (Å²) in [6.45, 7) is 2.72. The Morgan fingerprint density at radius 3 is 2.87 bits per heavy atom. The molecule has 15 heavy (non-hydrogen) atoms. The molecule has 0 aliphatic heterocycles. The van der Waals surface area contributed by atoms with Crippen molar-refractivity contribution in [2.75, 3.05) is 31.3 Å². The van der Waals surface area contributed by atoms with E-state index in [2.05, 4.69) is 9.72 Å². The number of nitrogens with two attached hydrogens (primary N) is 1. The lowest BCUT2D eigenvalue weighted by molar-refractivity contribution is 0.0601. The SMILES string of the molecule is CCN(C)c1ncc(N)cc1C(=O)OC. The second-order valence-electron chi connectivity index (χ2n) is 3.15. The molecule has 0 atom stereocenters. The van der Waals surface area contributed by atoms with Crippen LogP contribution in [0, 0.1) is 0 Å². The minimum Gasteiger partial charge on any atom is -0.465 e. The molecular weight excluding hydrogens is 194 g/mol. The third-order valence-corrected chi connectivity index (χ3v) is 2.13. The minimum absolute atomic E-state index is 0.391. The normalized spacial score (nSPS) is 9.80. The molecule has 0 aliphatic carbocycles. The van der Waals surface area contributed by atoms with Crippen molar-refractivity contribution in [1.82, 2.24) is 4.98 Å². The number of anilines is 2. The topological polar surface area (TPSA) is 68.5 Å².